The predicted molar refractivity (Wildman–Crippen MR) is 81.0 cm³/mol. The summed E-state index contributed by atoms with van der Waals surface area (Å²) in [4.78, 5) is 14.2. The third-order valence-electron chi connectivity index (χ3n) is 3.43. The van der Waals surface area contributed by atoms with Crippen molar-refractivity contribution >= 4 is 6.09 Å². The van der Waals surface area contributed by atoms with E-state index in [1.165, 1.54) is 0 Å². The summed E-state index contributed by atoms with van der Waals surface area (Å²) in [5.74, 6) is 0. The molecule has 0 aliphatic carbocycles. The Morgan fingerprint density at radius 1 is 1.38 bits per heavy atom. The number of rotatable bonds is 2. The number of aliphatic hydroxyl groups excluding tert-OH is 1. The van der Waals surface area contributed by atoms with Gasteiger partial charge in [0.1, 0.15) is 5.60 Å². The topological polar surface area (TPSA) is 61.8 Å². The van der Waals surface area contributed by atoms with Crippen molar-refractivity contribution in [2.45, 2.75) is 38.5 Å². The molecular formula is C16H24N2O3. The number of carbonyl (C=O) groups is 1. The minimum absolute atomic E-state index is 0.000801. The molecule has 2 rings (SSSR count). The third kappa shape index (κ3) is 4.19. The first-order valence-electron chi connectivity index (χ1n) is 7.29. The maximum atomic E-state index is 12.5. The Bertz CT molecular complexity index is 470. The van der Waals surface area contributed by atoms with Gasteiger partial charge < -0.3 is 15.2 Å². The van der Waals surface area contributed by atoms with Gasteiger partial charge in [0.25, 0.3) is 0 Å². The maximum absolute atomic E-state index is 12.5. The van der Waals surface area contributed by atoms with Crippen LogP contribution >= 0.6 is 0 Å². The zero-order valence-electron chi connectivity index (χ0n) is 12.9. The van der Waals surface area contributed by atoms with Crippen molar-refractivity contribution in [2.75, 3.05) is 19.7 Å². The summed E-state index contributed by atoms with van der Waals surface area (Å²) in [6.07, 6.45) is -0.337. The lowest BCUT2D eigenvalue weighted by Gasteiger charge is -2.40. The van der Waals surface area contributed by atoms with E-state index in [0.29, 0.717) is 13.1 Å². The number of nitrogens with zero attached hydrogens (tertiary/aromatic N) is 1. The first-order valence-corrected chi connectivity index (χ1v) is 7.29. The Hall–Kier alpha value is -1.59. The van der Waals surface area contributed by atoms with Crippen molar-refractivity contribution in [3.63, 3.8) is 0 Å². The summed E-state index contributed by atoms with van der Waals surface area (Å²) >= 11 is 0. The molecule has 2 unspecified atom stereocenters. The molecule has 1 amide bonds. The van der Waals surface area contributed by atoms with Crippen LogP contribution in [-0.4, -0.2) is 47.4 Å². The highest BCUT2D eigenvalue weighted by atomic mass is 16.6. The fourth-order valence-corrected chi connectivity index (χ4v) is 2.44. The molecule has 116 valence electrons. The van der Waals surface area contributed by atoms with E-state index in [1.54, 1.807) is 4.90 Å². The van der Waals surface area contributed by atoms with E-state index in [2.05, 4.69) is 5.32 Å². The van der Waals surface area contributed by atoms with Crippen LogP contribution in [0, 0.1) is 0 Å². The zero-order chi connectivity index (χ0) is 15.5. The highest BCUT2D eigenvalue weighted by molar-refractivity contribution is 5.69. The second-order valence-corrected chi connectivity index (χ2v) is 6.35. The first kappa shape index (κ1) is 15.8. The van der Waals surface area contributed by atoms with Gasteiger partial charge >= 0.3 is 6.09 Å². The van der Waals surface area contributed by atoms with E-state index in [9.17, 15) is 9.90 Å². The van der Waals surface area contributed by atoms with Gasteiger partial charge in [0.05, 0.1) is 12.6 Å². The summed E-state index contributed by atoms with van der Waals surface area (Å²) in [6.45, 7) is 6.61. The van der Waals surface area contributed by atoms with Crippen molar-refractivity contribution in [1.82, 2.24) is 10.2 Å². The zero-order valence-corrected chi connectivity index (χ0v) is 12.9. The molecule has 0 radical (unpaired) electrons. The molecule has 0 saturated carbocycles. The third-order valence-corrected chi connectivity index (χ3v) is 3.43. The molecule has 2 N–H and O–H groups in total. The van der Waals surface area contributed by atoms with E-state index in [0.717, 1.165) is 5.56 Å². The largest absolute Gasteiger partial charge is 0.444 e. The van der Waals surface area contributed by atoms with Gasteiger partial charge in [-0.05, 0) is 26.3 Å². The van der Waals surface area contributed by atoms with Crippen LogP contribution in [-0.2, 0) is 4.74 Å². The molecule has 2 atom stereocenters. The number of benzene rings is 1. The van der Waals surface area contributed by atoms with Crippen molar-refractivity contribution in [2.24, 2.45) is 0 Å². The second-order valence-electron chi connectivity index (χ2n) is 6.35. The highest BCUT2D eigenvalue weighted by Gasteiger charge is 2.34. The van der Waals surface area contributed by atoms with Crippen molar-refractivity contribution in [1.29, 1.82) is 0 Å². The smallest absolute Gasteiger partial charge is 0.410 e. The van der Waals surface area contributed by atoms with Gasteiger partial charge in [-0.2, -0.15) is 0 Å². The molecule has 0 bridgehead atoms. The number of carbonyl (C=O) groups excluding carboxylic acids is 1. The molecule has 1 aromatic carbocycles. The molecule has 5 nitrogen and oxygen atoms in total. The van der Waals surface area contributed by atoms with Gasteiger partial charge in [-0.15, -0.1) is 0 Å². The average Bonchev–Trinajstić information content (AvgIpc) is 2.45. The normalized spacial score (nSPS) is 23.0. The first-order chi connectivity index (χ1) is 9.90. The van der Waals surface area contributed by atoms with Crippen LogP contribution in [0.3, 0.4) is 0 Å². The number of nitrogens with one attached hydrogen (secondary N) is 1. The van der Waals surface area contributed by atoms with Crippen LogP contribution in [0.4, 0.5) is 4.79 Å². The SMILES string of the molecule is CC(C)(C)OC(=O)N1CC(CO)NCC1c1ccccc1. The van der Waals surface area contributed by atoms with Crippen LogP contribution in [0.15, 0.2) is 30.3 Å². The summed E-state index contributed by atoms with van der Waals surface area (Å²) in [6, 6.07) is 9.68. The average molecular weight is 292 g/mol. The van der Waals surface area contributed by atoms with Gasteiger partial charge in [-0.3, -0.25) is 4.90 Å². The van der Waals surface area contributed by atoms with E-state index < -0.39 is 5.60 Å². The summed E-state index contributed by atoms with van der Waals surface area (Å²) < 4.78 is 5.50. The number of aliphatic hydroxyl groups is 1. The lowest BCUT2D eigenvalue weighted by Crippen LogP contribution is -2.56. The van der Waals surface area contributed by atoms with E-state index in [1.807, 2.05) is 51.1 Å². The Kier molecular flexibility index (Phi) is 4.85. The highest BCUT2D eigenvalue weighted by Crippen LogP contribution is 2.25. The van der Waals surface area contributed by atoms with E-state index in [-0.39, 0.29) is 24.8 Å². The standard InChI is InChI=1S/C16H24N2O3/c1-16(2,3)21-15(20)18-10-13(11-19)17-9-14(18)12-7-5-4-6-8-12/h4-8,13-14,17,19H,9-11H2,1-3H3. The molecule has 1 fully saturated rings. The number of ether oxygens (including phenoxy) is 1. The summed E-state index contributed by atoms with van der Waals surface area (Å²) in [7, 11) is 0. The summed E-state index contributed by atoms with van der Waals surface area (Å²) in [5.41, 5.74) is 0.532. The van der Waals surface area contributed by atoms with Crippen LogP contribution in [0.1, 0.15) is 32.4 Å². The Labute approximate surface area is 125 Å². The number of hydrogen-bond acceptors (Lipinski definition) is 4. The quantitative estimate of drug-likeness (QED) is 0.874. The van der Waals surface area contributed by atoms with Gasteiger partial charge in [0.15, 0.2) is 0 Å². The lowest BCUT2D eigenvalue weighted by atomic mass is 10.0. The second kappa shape index (κ2) is 6.45. The number of piperazine rings is 1. The van der Waals surface area contributed by atoms with Crippen molar-refractivity contribution in [3.8, 4) is 0 Å². The predicted octanol–water partition coefficient (Wildman–Crippen LogP) is 1.93. The van der Waals surface area contributed by atoms with Crippen LogP contribution < -0.4 is 5.32 Å². The molecule has 0 spiro atoms. The number of amides is 1. The molecule has 1 aliphatic heterocycles. The molecule has 5 heteroatoms. The van der Waals surface area contributed by atoms with Gasteiger partial charge in [0.2, 0.25) is 0 Å². The molecule has 1 aromatic rings. The van der Waals surface area contributed by atoms with Crippen LogP contribution in [0.25, 0.3) is 0 Å². The van der Waals surface area contributed by atoms with Crippen LogP contribution in [0.2, 0.25) is 0 Å². The maximum Gasteiger partial charge on any atom is 0.410 e. The number of hydrogen-bond donors (Lipinski definition) is 2. The fourth-order valence-electron chi connectivity index (χ4n) is 2.44. The molecular weight excluding hydrogens is 268 g/mol. The molecule has 1 heterocycles. The minimum Gasteiger partial charge on any atom is -0.444 e. The molecule has 1 aliphatic rings. The monoisotopic (exact) mass is 292 g/mol. The summed E-state index contributed by atoms with van der Waals surface area (Å²) in [5, 5.41) is 12.6. The van der Waals surface area contributed by atoms with E-state index in [4.69, 9.17) is 4.74 Å². The minimum atomic E-state index is -0.530. The van der Waals surface area contributed by atoms with Gasteiger partial charge in [-0.25, -0.2) is 4.79 Å². The molecule has 21 heavy (non-hydrogen) atoms. The van der Waals surface area contributed by atoms with E-state index >= 15 is 0 Å². The van der Waals surface area contributed by atoms with Crippen molar-refractivity contribution in [3.05, 3.63) is 35.9 Å². The Morgan fingerprint density at radius 3 is 2.62 bits per heavy atom. The fraction of sp³-hybridized carbons (Fsp3) is 0.562. The lowest BCUT2D eigenvalue weighted by molar-refractivity contribution is 0.00412. The molecule has 1 saturated heterocycles. The molecule has 0 aromatic heterocycles. The van der Waals surface area contributed by atoms with Gasteiger partial charge in [-0.1, -0.05) is 30.3 Å². The van der Waals surface area contributed by atoms with Crippen molar-refractivity contribution < 1.29 is 14.6 Å². The Morgan fingerprint density at radius 2 is 2.05 bits per heavy atom. The van der Waals surface area contributed by atoms with Crippen LogP contribution in [0.5, 0.6) is 0 Å². The van der Waals surface area contributed by atoms with Gasteiger partial charge in [0, 0.05) is 19.1 Å². The Balaban J connectivity index is 2.19.